The number of nitrogens with one attached hydrogen (secondary N) is 1. The molecule has 3 nitrogen and oxygen atoms in total. The molecule has 1 spiro atoms. The average molecular weight is 266 g/mol. The Morgan fingerprint density at radius 2 is 2.00 bits per heavy atom. The first-order valence-electron chi connectivity index (χ1n) is 8.12. The number of rotatable bonds is 6. The van der Waals surface area contributed by atoms with Crippen LogP contribution < -0.4 is 5.32 Å². The molecule has 1 N–H and O–H groups in total. The molecule has 3 heteroatoms. The Labute approximate surface area is 118 Å². The smallest absolute Gasteiger partial charge is 0.226 e. The molecule has 2 rings (SSSR count). The van der Waals surface area contributed by atoms with Crippen molar-refractivity contribution in [1.29, 1.82) is 0 Å². The van der Waals surface area contributed by atoms with E-state index in [1.165, 1.54) is 25.7 Å². The van der Waals surface area contributed by atoms with Gasteiger partial charge in [-0.05, 0) is 58.0 Å². The predicted octanol–water partition coefficient (Wildman–Crippen LogP) is 2.80. The zero-order valence-corrected chi connectivity index (χ0v) is 12.9. The van der Waals surface area contributed by atoms with E-state index in [1.54, 1.807) is 0 Å². The molecule has 1 aliphatic carbocycles. The minimum atomic E-state index is 0.332. The van der Waals surface area contributed by atoms with Gasteiger partial charge in [-0.25, -0.2) is 0 Å². The van der Waals surface area contributed by atoms with Crippen LogP contribution in [0.2, 0.25) is 0 Å². The van der Waals surface area contributed by atoms with E-state index in [4.69, 9.17) is 0 Å². The molecule has 2 aliphatic rings. The van der Waals surface area contributed by atoms with E-state index in [-0.39, 0.29) is 0 Å². The fraction of sp³-hybridized carbons (Fsp3) is 0.938. The van der Waals surface area contributed by atoms with Gasteiger partial charge >= 0.3 is 0 Å². The third-order valence-electron chi connectivity index (χ3n) is 5.00. The molecule has 0 aromatic heterocycles. The van der Waals surface area contributed by atoms with Gasteiger partial charge in [0.05, 0.1) is 0 Å². The molecule has 1 aliphatic heterocycles. The summed E-state index contributed by atoms with van der Waals surface area (Å²) in [6, 6.07) is 0.351. The summed E-state index contributed by atoms with van der Waals surface area (Å²) in [5, 5.41) is 3.41. The third kappa shape index (κ3) is 3.31. The standard InChI is InChI=1S/C16H30N2O/c1-4-5-6-11-18(13(2)3)15(19)14-12-16(14)7-9-17-10-8-16/h13-14,17H,4-12H2,1-3H3/t14-/m1/s1. The number of nitrogens with zero attached hydrogens (tertiary/aromatic N) is 1. The van der Waals surface area contributed by atoms with Gasteiger partial charge in [-0.15, -0.1) is 0 Å². The molecule has 1 heterocycles. The van der Waals surface area contributed by atoms with E-state index in [9.17, 15) is 4.79 Å². The fourth-order valence-electron chi connectivity index (χ4n) is 3.53. The van der Waals surface area contributed by atoms with Gasteiger partial charge in [-0.2, -0.15) is 0 Å². The average Bonchev–Trinajstić information content (AvgIpc) is 3.08. The first-order valence-corrected chi connectivity index (χ1v) is 8.12. The zero-order valence-electron chi connectivity index (χ0n) is 12.9. The number of piperidine rings is 1. The normalized spacial score (nSPS) is 24.7. The van der Waals surface area contributed by atoms with Gasteiger partial charge in [0.1, 0.15) is 0 Å². The lowest BCUT2D eigenvalue weighted by atomic mass is 9.91. The third-order valence-corrected chi connectivity index (χ3v) is 5.00. The van der Waals surface area contributed by atoms with Gasteiger partial charge in [0.25, 0.3) is 0 Å². The number of carbonyl (C=O) groups is 1. The summed E-state index contributed by atoms with van der Waals surface area (Å²) in [5.74, 6) is 0.770. The quantitative estimate of drug-likeness (QED) is 0.750. The second-order valence-corrected chi connectivity index (χ2v) is 6.70. The highest BCUT2D eigenvalue weighted by Gasteiger charge is 2.58. The first-order chi connectivity index (χ1) is 9.10. The minimum Gasteiger partial charge on any atom is -0.340 e. The Balaban J connectivity index is 1.89. The highest BCUT2D eigenvalue weighted by molar-refractivity contribution is 5.83. The molecule has 0 aromatic rings. The lowest BCUT2D eigenvalue weighted by Crippen LogP contribution is -2.41. The minimum absolute atomic E-state index is 0.332. The summed E-state index contributed by atoms with van der Waals surface area (Å²) in [7, 11) is 0. The monoisotopic (exact) mass is 266 g/mol. The molecule has 1 saturated carbocycles. The van der Waals surface area contributed by atoms with Crippen LogP contribution in [0.5, 0.6) is 0 Å². The largest absolute Gasteiger partial charge is 0.340 e. The van der Waals surface area contributed by atoms with Crippen molar-refractivity contribution in [2.45, 2.75) is 65.3 Å². The number of hydrogen-bond donors (Lipinski definition) is 1. The van der Waals surface area contributed by atoms with Gasteiger partial charge in [0.2, 0.25) is 5.91 Å². The van der Waals surface area contributed by atoms with Crippen LogP contribution in [0.1, 0.15) is 59.3 Å². The van der Waals surface area contributed by atoms with Crippen LogP contribution in [-0.4, -0.2) is 36.5 Å². The summed E-state index contributed by atoms with van der Waals surface area (Å²) in [5.41, 5.74) is 0.375. The molecule has 0 radical (unpaired) electrons. The molecule has 19 heavy (non-hydrogen) atoms. The Bertz CT molecular complexity index is 308. The van der Waals surface area contributed by atoms with Crippen molar-refractivity contribution in [1.82, 2.24) is 10.2 Å². The molecule has 1 amide bonds. The van der Waals surface area contributed by atoms with Crippen molar-refractivity contribution >= 4 is 5.91 Å². The van der Waals surface area contributed by atoms with Crippen LogP contribution >= 0.6 is 0 Å². The lowest BCUT2D eigenvalue weighted by Gasteiger charge is -2.29. The summed E-state index contributed by atoms with van der Waals surface area (Å²) in [6.07, 6.45) is 7.15. The number of unbranched alkanes of at least 4 members (excludes halogenated alkanes) is 2. The highest BCUT2D eigenvalue weighted by Crippen LogP contribution is 2.59. The molecule has 2 fully saturated rings. The topological polar surface area (TPSA) is 32.3 Å². The number of hydrogen-bond acceptors (Lipinski definition) is 2. The Hall–Kier alpha value is -0.570. The van der Waals surface area contributed by atoms with Crippen molar-refractivity contribution in [3.8, 4) is 0 Å². The van der Waals surface area contributed by atoms with Crippen molar-refractivity contribution in [2.75, 3.05) is 19.6 Å². The van der Waals surface area contributed by atoms with Gasteiger partial charge in [-0.3, -0.25) is 4.79 Å². The Kier molecular flexibility index (Phi) is 4.88. The van der Waals surface area contributed by atoms with Crippen LogP contribution in [0, 0.1) is 11.3 Å². The van der Waals surface area contributed by atoms with Gasteiger partial charge in [0, 0.05) is 18.5 Å². The zero-order chi connectivity index (χ0) is 13.9. The maximum atomic E-state index is 12.7. The maximum absolute atomic E-state index is 12.7. The molecule has 1 saturated heterocycles. The van der Waals surface area contributed by atoms with Crippen LogP contribution in [0.15, 0.2) is 0 Å². The molecule has 0 unspecified atom stereocenters. The number of amides is 1. The van der Waals surface area contributed by atoms with Crippen LogP contribution in [0.25, 0.3) is 0 Å². The molecule has 1 atom stereocenters. The molecular formula is C16H30N2O. The Morgan fingerprint density at radius 3 is 2.58 bits per heavy atom. The van der Waals surface area contributed by atoms with Gasteiger partial charge in [0.15, 0.2) is 0 Å². The molecule has 110 valence electrons. The van der Waals surface area contributed by atoms with Crippen molar-refractivity contribution in [2.24, 2.45) is 11.3 Å². The molecule has 0 aromatic carbocycles. The maximum Gasteiger partial charge on any atom is 0.226 e. The predicted molar refractivity (Wildman–Crippen MR) is 79.0 cm³/mol. The second kappa shape index (κ2) is 6.25. The summed E-state index contributed by atoms with van der Waals surface area (Å²) in [6.45, 7) is 9.67. The van der Waals surface area contributed by atoms with E-state index in [1.807, 2.05) is 0 Å². The van der Waals surface area contributed by atoms with E-state index < -0.39 is 0 Å². The summed E-state index contributed by atoms with van der Waals surface area (Å²) >= 11 is 0. The number of carbonyl (C=O) groups excluding carboxylic acids is 1. The lowest BCUT2D eigenvalue weighted by molar-refractivity contribution is -0.135. The molecular weight excluding hydrogens is 236 g/mol. The van der Waals surface area contributed by atoms with Crippen LogP contribution in [-0.2, 0) is 4.79 Å². The second-order valence-electron chi connectivity index (χ2n) is 6.70. The van der Waals surface area contributed by atoms with E-state index >= 15 is 0 Å². The van der Waals surface area contributed by atoms with Gasteiger partial charge in [-0.1, -0.05) is 19.8 Å². The first kappa shape index (κ1) is 14.8. The van der Waals surface area contributed by atoms with E-state index in [0.717, 1.165) is 32.5 Å². The summed E-state index contributed by atoms with van der Waals surface area (Å²) in [4.78, 5) is 14.9. The Morgan fingerprint density at radius 1 is 1.32 bits per heavy atom. The van der Waals surface area contributed by atoms with E-state index in [2.05, 4.69) is 31.0 Å². The van der Waals surface area contributed by atoms with Crippen molar-refractivity contribution < 1.29 is 4.79 Å². The van der Waals surface area contributed by atoms with Crippen molar-refractivity contribution in [3.63, 3.8) is 0 Å². The molecule has 0 bridgehead atoms. The highest BCUT2D eigenvalue weighted by atomic mass is 16.2. The fourth-order valence-corrected chi connectivity index (χ4v) is 3.53. The summed E-state index contributed by atoms with van der Waals surface area (Å²) < 4.78 is 0. The SMILES string of the molecule is CCCCCN(C(=O)[C@H]1CC12CCNCC2)C(C)C. The van der Waals surface area contributed by atoms with Gasteiger partial charge < -0.3 is 10.2 Å². The van der Waals surface area contributed by atoms with E-state index in [0.29, 0.717) is 23.3 Å². The van der Waals surface area contributed by atoms with Crippen LogP contribution in [0.4, 0.5) is 0 Å². The van der Waals surface area contributed by atoms with Crippen molar-refractivity contribution in [3.05, 3.63) is 0 Å². The van der Waals surface area contributed by atoms with Crippen LogP contribution in [0.3, 0.4) is 0 Å².